The number of esters is 2. The van der Waals surface area contributed by atoms with Gasteiger partial charge in [-0.1, -0.05) is 12.1 Å². The first-order chi connectivity index (χ1) is 15.8. The van der Waals surface area contributed by atoms with Crippen LogP contribution in [0.25, 0.3) is 0 Å². The lowest BCUT2D eigenvalue weighted by Gasteiger charge is -2.48. The van der Waals surface area contributed by atoms with Gasteiger partial charge in [0.15, 0.2) is 10.8 Å². The molecule has 33 heavy (non-hydrogen) atoms. The van der Waals surface area contributed by atoms with Crippen molar-refractivity contribution in [3.05, 3.63) is 22.8 Å². The number of oxime groups is 1. The topological polar surface area (TPSA) is 163 Å². The molecule has 0 aromatic carbocycles. The number of carbonyl (C=O) groups is 4. The summed E-state index contributed by atoms with van der Waals surface area (Å²) in [4.78, 5) is 59.5. The SMILES string of the molecule is CCCC(OC(C)=O)OC(=O)C1=CCSC2C(NC(=O)/C(=N/OC)c3csc(N)n3)C(=O)N12. The predicted molar refractivity (Wildman–Crippen MR) is 120 cm³/mol. The Labute approximate surface area is 197 Å². The minimum Gasteiger partial charge on any atom is -0.425 e. The molecular weight excluding hydrogens is 474 g/mol. The lowest BCUT2D eigenvalue weighted by atomic mass is 10.0. The van der Waals surface area contributed by atoms with Crippen LogP contribution in [0.3, 0.4) is 0 Å². The largest absolute Gasteiger partial charge is 0.425 e. The number of amides is 2. The van der Waals surface area contributed by atoms with Gasteiger partial charge in [-0.2, -0.15) is 0 Å². The molecule has 3 atom stereocenters. The molecule has 2 aliphatic heterocycles. The van der Waals surface area contributed by atoms with Crippen LogP contribution >= 0.6 is 23.1 Å². The number of nitrogens with two attached hydrogens (primary N) is 1. The molecule has 3 N–H and O–H groups in total. The maximum Gasteiger partial charge on any atom is 0.357 e. The summed E-state index contributed by atoms with van der Waals surface area (Å²) in [7, 11) is 1.28. The zero-order valence-electron chi connectivity index (χ0n) is 18.1. The van der Waals surface area contributed by atoms with Gasteiger partial charge >= 0.3 is 11.9 Å². The summed E-state index contributed by atoms with van der Waals surface area (Å²) < 4.78 is 10.3. The van der Waals surface area contributed by atoms with E-state index in [1.54, 1.807) is 11.5 Å². The van der Waals surface area contributed by atoms with Crippen LogP contribution in [0.5, 0.6) is 0 Å². The van der Waals surface area contributed by atoms with Crippen molar-refractivity contribution in [1.82, 2.24) is 15.2 Å². The van der Waals surface area contributed by atoms with E-state index in [4.69, 9.17) is 20.0 Å². The molecule has 0 radical (unpaired) electrons. The van der Waals surface area contributed by atoms with Crippen LogP contribution in [0.2, 0.25) is 0 Å². The third kappa shape index (κ3) is 5.45. The Balaban J connectivity index is 1.68. The number of hydrogen-bond acceptors (Lipinski definition) is 12. The number of nitrogens with zero attached hydrogens (tertiary/aromatic N) is 3. The quantitative estimate of drug-likeness (QED) is 0.162. The van der Waals surface area contributed by atoms with E-state index in [1.807, 2.05) is 6.92 Å². The molecule has 178 valence electrons. The minimum absolute atomic E-state index is 0.0422. The molecule has 3 rings (SSSR count). The van der Waals surface area contributed by atoms with Gasteiger partial charge in [-0.05, 0) is 12.5 Å². The smallest absolute Gasteiger partial charge is 0.357 e. The zero-order chi connectivity index (χ0) is 24.1. The van der Waals surface area contributed by atoms with E-state index in [9.17, 15) is 19.2 Å². The first-order valence-corrected chi connectivity index (χ1v) is 11.9. The number of thiazole rings is 1. The lowest BCUT2D eigenvalue weighted by molar-refractivity contribution is -0.187. The number of hydrogen-bond donors (Lipinski definition) is 2. The number of rotatable bonds is 9. The van der Waals surface area contributed by atoms with Crippen molar-refractivity contribution >= 4 is 57.7 Å². The number of aromatic nitrogens is 1. The molecule has 14 heteroatoms. The van der Waals surface area contributed by atoms with Crippen LogP contribution in [0.1, 0.15) is 32.4 Å². The fourth-order valence-electron chi connectivity index (χ4n) is 3.17. The van der Waals surface area contributed by atoms with Crippen LogP contribution in [0, 0.1) is 0 Å². The maximum atomic E-state index is 12.8. The zero-order valence-corrected chi connectivity index (χ0v) is 19.7. The van der Waals surface area contributed by atoms with E-state index >= 15 is 0 Å². The van der Waals surface area contributed by atoms with Gasteiger partial charge in [-0.25, -0.2) is 9.78 Å². The van der Waals surface area contributed by atoms with Crippen molar-refractivity contribution in [2.45, 2.75) is 44.4 Å². The van der Waals surface area contributed by atoms with Crippen LogP contribution in [0.4, 0.5) is 5.13 Å². The van der Waals surface area contributed by atoms with Crippen molar-refractivity contribution in [3.63, 3.8) is 0 Å². The van der Waals surface area contributed by atoms with Crippen molar-refractivity contribution in [3.8, 4) is 0 Å². The van der Waals surface area contributed by atoms with Gasteiger partial charge in [-0.3, -0.25) is 19.3 Å². The van der Waals surface area contributed by atoms with Crippen LogP contribution in [-0.2, 0) is 33.5 Å². The second-order valence-corrected chi connectivity index (χ2v) is 8.94. The van der Waals surface area contributed by atoms with E-state index in [-0.39, 0.29) is 22.2 Å². The highest BCUT2D eigenvalue weighted by atomic mass is 32.2. The van der Waals surface area contributed by atoms with Gasteiger partial charge in [0.05, 0.1) is 0 Å². The normalized spacial score (nSPS) is 20.7. The minimum atomic E-state index is -1.04. The molecule has 0 saturated carbocycles. The number of nitrogens with one attached hydrogen (secondary N) is 1. The first kappa shape index (κ1) is 24.5. The molecule has 1 saturated heterocycles. The van der Waals surface area contributed by atoms with Crippen LogP contribution < -0.4 is 11.1 Å². The molecule has 3 unspecified atom stereocenters. The van der Waals surface area contributed by atoms with Crippen LogP contribution in [-0.4, -0.2) is 69.9 Å². The number of ether oxygens (including phenoxy) is 2. The van der Waals surface area contributed by atoms with Crippen molar-refractivity contribution < 1.29 is 33.5 Å². The first-order valence-electron chi connectivity index (χ1n) is 9.93. The number of thioether (sulfide) groups is 1. The summed E-state index contributed by atoms with van der Waals surface area (Å²) in [6.45, 7) is 3.07. The Morgan fingerprint density at radius 1 is 1.39 bits per heavy atom. The number of β-lactam (4-membered cyclic amide) rings is 1. The Morgan fingerprint density at radius 2 is 2.15 bits per heavy atom. The average Bonchev–Trinajstić information content (AvgIpc) is 3.20. The van der Waals surface area contributed by atoms with E-state index in [0.29, 0.717) is 18.6 Å². The molecular formula is C19H23N5O7S2. The lowest BCUT2D eigenvalue weighted by Crippen LogP contribution is -2.70. The highest BCUT2D eigenvalue weighted by Crippen LogP contribution is 2.38. The van der Waals surface area contributed by atoms with E-state index < -0.39 is 41.5 Å². The van der Waals surface area contributed by atoms with Gasteiger partial charge in [-0.15, -0.1) is 23.1 Å². The second kappa shape index (κ2) is 10.7. The van der Waals surface area contributed by atoms with E-state index in [2.05, 4.69) is 15.5 Å². The second-order valence-electron chi connectivity index (χ2n) is 6.90. The van der Waals surface area contributed by atoms with E-state index in [0.717, 1.165) is 11.3 Å². The summed E-state index contributed by atoms with van der Waals surface area (Å²) in [6, 6.07) is -0.892. The molecule has 2 aliphatic rings. The highest BCUT2D eigenvalue weighted by Gasteiger charge is 2.53. The van der Waals surface area contributed by atoms with Gasteiger partial charge in [0.2, 0.25) is 6.29 Å². The van der Waals surface area contributed by atoms with Gasteiger partial charge < -0.3 is 25.4 Å². The Morgan fingerprint density at radius 3 is 2.76 bits per heavy atom. The molecule has 2 amide bonds. The van der Waals surface area contributed by atoms with Crippen molar-refractivity contribution in [1.29, 1.82) is 0 Å². The predicted octanol–water partition coefficient (Wildman–Crippen LogP) is 0.592. The Bertz CT molecular complexity index is 1010. The summed E-state index contributed by atoms with van der Waals surface area (Å²) in [5, 5.41) is 7.59. The molecule has 12 nitrogen and oxygen atoms in total. The third-order valence-corrected chi connectivity index (χ3v) is 6.42. The Hall–Kier alpha value is -3.13. The van der Waals surface area contributed by atoms with E-state index in [1.165, 1.54) is 30.7 Å². The van der Waals surface area contributed by atoms with Gasteiger partial charge in [0.1, 0.15) is 29.9 Å². The standard InChI is InChI=1S/C19H23N5O7S2/c1-4-5-12(30-9(2)25)31-18(28)11-6-7-32-17-14(16(27)24(11)17)22-15(26)13(23-29-3)10-8-33-19(20)21-10/h6,8,12,14,17H,4-5,7H2,1-3H3,(H2,20,21)(H,22,26)/b23-13+. The summed E-state index contributed by atoms with van der Waals surface area (Å²) in [5.74, 6) is -2.10. The fraction of sp³-hybridized carbons (Fsp3) is 0.474. The maximum absolute atomic E-state index is 12.8. The number of fused-ring (bicyclic) bond motifs is 1. The van der Waals surface area contributed by atoms with Gasteiger partial charge in [0.25, 0.3) is 11.8 Å². The fourth-order valence-corrected chi connectivity index (χ4v) is 4.92. The van der Waals surface area contributed by atoms with Crippen LogP contribution in [0.15, 0.2) is 22.3 Å². The molecule has 0 aliphatic carbocycles. The monoisotopic (exact) mass is 497 g/mol. The highest BCUT2D eigenvalue weighted by molar-refractivity contribution is 8.00. The molecule has 1 fully saturated rings. The third-order valence-electron chi connectivity index (χ3n) is 4.56. The molecule has 3 heterocycles. The number of carbonyl (C=O) groups excluding carboxylic acids is 4. The van der Waals surface area contributed by atoms with Crippen molar-refractivity contribution in [2.75, 3.05) is 18.6 Å². The van der Waals surface area contributed by atoms with Crippen molar-refractivity contribution in [2.24, 2.45) is 5.16 Å². The molecule has 1 aromatic heterocycles. The summed E-state index contributed by atoms with van der Waals surface area (Å²) in [6.07, 6.45) is 1.47. The Kier molecular flexibility index (Phi) is 7.92. The molecule has 0 bridgehead atoms. The molecule has 0 spiro atoms. The van der Waals surface area contributed by atoms with Gasteiger partial charge in [0, 0.05) is 24.5 Å². The number of anilines is 1. The summed E-state index contributed by atoms with van der Waals surface area (Å²) >= 11 is 2.50. The average molecular weight is 498 g/mol. The number of nitrogen functional groups attached to an aromatic ring is 1. The molecule has 1 aromatic rings. The summed E-state index contributed by atoms with van der Waals surface area (Å²) in [5.41, 5.74) is 5.75.